The molecule has 0 atom stereocenters. The topological polar surface area (TPSA) is 61.8 Å². The van der Waals surface area contributed by atoms with Gasteiger partial charge in [-0.3, -0.25) is 0 Å². The number of hydrogen-bond donors (Lipinski definition) is 1. The van der Waals surface area contributed by atoms with Crippen molar-refractivity contribution in [3.63, 3.8) is 0 Å². The summed E-state index contributed by atoms with van der Waals surface area (Å²) in [7, 11) is -3.55. The maximum atomic E-state index is 12.1. The summed E-state index contributed by atoms with van der Waals surface area (Å²) >= 11 is 0. The number of nitrogens with one attached hydrogen (secondary N) is 1. The molecule has 2 rings (SSSR count). The third-order valence-corrected chi connectivity index (χ3v) is 4.76. The SMILES string of the molecule is CCN1CCC(=NNS(=O)(=O)c2ccc(C)cc2)CC1. The van der Waals surface area contributed by atoms with Gasteiger partial charge in [0.25, 0.3) is 10.0 Å². The molecule has 110 valence electrons. The number of benzene rings is 1. The van der Waals surface area contributed by atoms with Crippen molar-refractivity contribution in [1.29, 1.82) is 0 Å². The standard InChI is InChI=1S/C14H21N3O2S/c1-3-17-10-8-13(9-11-17)15-16-20(18,19)14-6-4-12(2)5-7-14/h4-7,16H,3,8-11H2,1-2H3. The maximum Gasteiger partial charge on any atom is 0.276 e. The Labute approximate surface area is 120 Å². The lowest BCUT2D eigenvalue weighted by atomic mass is 10.1. The minimum atomic E-state index is -3.55. The largest absolute Gasteiger partial charge is 0.303 e. The van der Waals surface area contributed by atoms with Gasteiger partial charge in [-0.25, -0.2) is 4.83 Å². The zero-order valence-electron chi connectivity index (χ0n) is 12.0. The normalized spacial score (nSPS) is 17.0. The summed E-state index contributed by atoms with van der Waals surface area (Å²) in [6.45, 7) is 6.97. The van der Waals surface area contributed by atoms with E-state index >= 15 is 0 Å². The predicted molar refractivity (Wildman–Crippen MR) is 80.3 cm³/mol. The Balaban J connectivity index is 2.01. The minimum Gasteiger partial charge on any atom is -0.303 e. The molecule has 0 aromatic heterocycles. The minimum absolute atomic E-state index is 0.249. The Bertz CT molecular complexity index is 569. The van der Waals surface area contributed by atoms with E-state index in [1.165, 1.54) is 0 Å². The van der Waals surface area contributed by atoms with Crippen molar-refractivity contribution in [2.45, 2.75) is 31.6 Å². The molecule has 1 aromatic rings. The number of aryl methyl sites for hydroxylation is 1. The van der Waals surface area contributed by atoms with Crippen LogP contribution in [-0.4, -0.2) is 38.7 Å². The van der Waals surface area contributed by atoms with E-state index in [1.54, 1.807) is 24.3 Å². The van der Waals surface area contributed by atoms with Gasteiger partial charge in [0, 0.05) is 31.6 Å². The Morgan fingerprint density at radius 3 is 2.35 bits per heavy atom. The molecule has 1 aliphatic heterocycles. The molecular formula is C14H21N3O2S. The van der Waals surface area contributed by atoms with E-state index in [0.717, 1.165) is 43.8 Å². The number of likely N-dealkylation sites (tertiary alicyclic amines) is 1. The summed E-state index contributed by atoms with van der Waals surface area (Å²) in [5.74, 6) is 0. The van der Waals surface area contributed by atoms with E-state index in [0.29, 0.717) is 0 Å². The Morgan fingerprint density at radius 2 is 1.80 bits per heavy atom. The van der Waals surface area contributed by atoms with Crippen LogP contribution in [0, 0.1) is 6.92 Å². The molecule has 6 heteroatoms. The molecule has 0 saturated carbocycles. The highest BCUT2D eigenvalue weighted by Crippen LogP contribution is 2.11. The van der Waals surface area contributed by atoms with Gasteiger partial charge in [0.2, 0.25) is 0 Å². The van der Waals surface area contributed by atoms with Crippen molar-refractivity contribution < 1.29 is 8.42 Å². The predicted octanol–water partition coefficient (Wildman–Crippen LogP) is 1.75. The van der Waals surface area contributed by atoms with E-state index in [4.69, 9.17) is 0 Å². The summed E-state index contributed by atoms with van der Waals surface area (Å²) in [5, 5.41) is 4.07. The van der Waals surface area contributed by atoms with Crippen molar-refractivity contribution in [3.8, 4) is 0 Å². The van der Waals surface area contributed by atoms with Crippen LogP contribution in [0.25, 0.3) is 0 Å². The molecule has 0 radical (unpaired) electrons. The second kappa shape index (κ2) is 6.37. The maximum absolute atomic E-state index is 12.1. The quantitative estimate of drug-likeness (QED) is 0.861. The van der Waals surface area contributed by atoms with Crippen LogP contribution in [0.4, 0.5) is 0 Å². The summed E-state index contributed by atoms with van der Waals surface area (Å²) in [5.41, 5.74) is 1.95. The Kier molecular flexibility index (Phi) is 4.77. The highest BCUT2D eigenvalue weighted by molar-refractivity contribution is 7.89. The van der Waals surface area contributed by atoms with Crippen molar-refractivity contribution in [1.82, 2.24) is 9.73 Å². The molecule has 1 heterocycles. The number of piperidine rings is 1. The monoisotopic (exact) mass is 295 g/mol. The molecular weight excluding hydrogens is 274 g/mol. The lowest BCUT2D eigenvalue weighted by Gasteiger charge is -2.25. The third kappa shape index (κ3) is 3.80. The molecule has 0 spiro atoms. The van der Waals surface area contributed by atoms with E-state index in [2.05, 4.69) is 21.8 Å². The fourth-order valence-corrected chi connectivity index (χ4v) is 2.98. The Hall–Kier alpha value is -1.40. The molecule has 0 unspecified atom stereocenters. The molecule has 0 bridgehead atoms. The van der Waals surface area contributed by atoms with Crippen LogP contribution in [0.3, 0.4) is 0 Å². The lowest BCUT2D eigenvalue weighted by molar-refractivity contribution is 0.289. The first-order valence-electron chi connectivity index (χ1n) is 6.87. The van der Waals surface area contributed by atoms with E-state index in [-0.39, 0.29) is 4.90 Å². The van der Waals surface area contributed by atoms with Crippen LogP contribution in [0.2, 0.25) is 0 Å². The molecule has 1 aliphatic rings. The molecule has 1 N–H and O–H groups in total. The first-order chi connectivity index (χ1) is 9.51. The zero-order chi connectivity index (χ0) is 14.6. The van der Waals surface area contributed by atoms with E-state index in [9.17, 15) is 8.42 Å². The third-order valence-electron chi connectivity index (χ3n) is 3.54. The van der Waals surface area contributed by atoms with Gasteiger partial charge in [-0.2, -0.15) is 13.5 Å². The number of nitrogens with zero attached hydrogens (tertiary/aromatic N) is 2. The average Bonchev–Trinajstić information content (AvgIpc) is 2.46. The van der Waals surface area contributed by atoms with Crippen LogP contribution in [0.1, 0.15) is 25.3 Å². The van der Waals surface area contributed by atoms with Crippen LogP contribution in [-0.2, 0) is 10.0 Å². The fraction of sp³-hybridized carbons (Fsp3) is 0.500. The van der Waals surface area contributed by atoms with Crippen molar-refractivity contribution in [3.05, 3.63) is 29.8 Å². The van der Waals surface area contributed by atoms with Gasteiger partial charge >= 0.3 is 0 Å². The van der Waals surface area contributed by atoms with Crippen LogP contribution in [0.5, 0.6) is 0 Å². The lowest BCUT2D eigenvalue weighted by Crippen LogP contribution is -2.34. The highest BCUT2D eigenvalue weighted by atomic mass is 32.2. The number of sulfonamides is 1. The molecule has 0 aliphatic carbocycles. The summed E-state index contributed by atoms with van der Waals surface area (Å²) in [6.07, 6.45) is 1.65. The van der Waals surface area contributed by atoms with Crippen LogP contribution >= 0.6 is 0 Å². The molecule has 0 amide bonds. The average molecular weight is 295 g/mol. The highest BCUT2D eigenvalue weighted by Gasteiger charge is 2.16. The van der Waals surface area contributed by atoms with Gasteiger partial charge in [0.05, 0.1) is 4.90 Å². The van der Waals surface area contributed by atoms with Gasteiger partial charge in [-0.1, -0.05) is 24.6 Å². The van der Waals surface area contributed by atoms with E-state index in [1.807, 2.05) is 6.92 Å². The zero-order valence-corrected chi connectivity index (χ0v) is 12.8. The van der Waals surface area contributed by atoms with Gasteiger partial charge < -0.3 is 4.90 Å². The smallest absolute Gasteiger partial charge is 0.276 e. The van der Waals surface area contributed by atoms with Gasteiger partial charge in [0.15, 0.2) is 0 Å². The molecule has 1 aromatic carbocycles. The summed E-state index contributed by atoms with van der Waals surface area (Å²) < 4.78 is 24.2. The van der Waals surface area contributed by atoms with Gasteiger partial charge in [-0.05, 0) is 25.6 Å². The Morgan fingerprint density at radius 1 is 1.20 bits per heavy atom. The van der Waals surface area contributed by atoms with Crippen molar-refractivity contribution in [2.75, 3.05) is 19.6 Å². The van der Waals surface area contributed by atoms with Crippen molar-refractivity contribution >= 4 is 15.7 Å². The first kappa shape index (κ1) is 15.0. The molecule has 20 heavy (non-hydrogen) atoms. The summed E-state index contributed by atoms with van der Waals surface area (Å²) in [6, 6.07) is 6.75. The van der Waals surface area contributed by atoms with Gasteiger partial charge in [0.1, 0.15) is 0 Å². The number of hydrazone groups is 1. The molecule has 1 fully saturated rings. The van der Waals surface area contributed by atoms with Gasteiger partial charge in [-0.15, -0.1) is 0 Å². The van der Waals surface area contributed by atoms with E-state index < -0.39 is 10.0 Å². The molecule has 1 saturated heterocycles. The first-order valence-corrected chi connectivity index (χ1v) is 8.36. The van der Waals surface area contributed by atoms with Crippen molar-refractivity contribution in [2.24, 2.45) is 5.10 Å². The second-order valence-electron chi connectivity index (χ2n) is 5.02. The summed E-state index contributed by atoms with van der Waals surface area (Å²) in [4.78, 5) is 4.91. The fourth-order valence-electron chi connectivity index (χ4n) is 2.13. The number of hydrogen-bond acceptors (Lipinski definition) is 4. The van der Waals surface area contributed by atoms with Crippen LogP contribution in [0.15, 0.2) is 34.3 Å². The van der Waals surface area contributed by atoms with Crippen LogP contribution < -0.4 is 4.83 Å². The molecule has 5 nitrogen and oxygen atoms in total. The number of rotatable bonds is 4. The second-order valence-corrected chi connectivity index (χ2v) is 6.68.